The van der Waals surface area contributed by atoms with Crippen LogP contribution in [0.4, 0.5) is 17.0 Å². The van der Waals surface area contributed by atoms with E-state index in [2.05, 4.69) is 35.1 Å². The molecule has 8 nitrogen and oxygen atoms in total. The highest BCUT2D eigenvalue weighted by Crippen LogP contribution is 2.28. The fourth-order valence-corrected chi connectivity index (χ4v) is 4.50. The fourth-order valence-electron chi connectivity index (χ4n) is 3.63. The monoisotopic (exact) mass is 419 g/mol. The summed E-state index contributed by atoms with van der Waals surface area (Å²) in [5.41, 5.74) is 2.73. The van der Waals surface area contributed by atoms with Gasteiger partial charge in [0.1, 0.15) is 0 Å². The maximum Gasteiger partial charge on any atom is 0.252 e. The molecule has 4 heterocycles. The highest BCUT2D eigenvalue weighted by atomic mass is 32.1. The van der Waals surface area contributed by atoms with E-state index in [0.29, 0.717) is 16.8 Å². The second kappa shape index (κ2) is 7.83. The second-order valence-corrected chi connectivity index (χ2v) is 8.34. The first kappa shape index (κ1) is 18.7. The molecule has 0 unspecified atom stereocenters. The van der Waals surface area contributed by atoms with E-state index in [1.807, 2.05) is 31.2 Å². The van der Waals surface area contributed by atoms with E-state index in [1.54, 1.807) is 6.20 Å². The fraction of sp³-hybridized carbons (Fsp3) is 0.286. The Morgan fingerprint density at radius 3 is 2.73 bits per heavy atom. The Hall–Kier alpha value is -3.33. The van der Waals surface area contributed by atoms with Crippen LogP contribution in [-0.4, -0.2) is 38.0 Å². The molecule has 0 amide bonds. The van der Waals surface area contributed by atoms with Crippen molar-refractivity contribution >= 4 is 38.6 Å². The second-order valence-electron chi connectivity index (χ2n) is 7.31. The van der Waals surface area contributed by atoms with Gasteiger partial charge in [-0.2, -0.15) is 0 Å². The minimum absolute atomic E-state index is 0.247. The van der Waals surface area contributed by atoms with Crippen LogP contribution in [0.15, 0.2) is 41.3 Å². The number of aryl methyl sites for hydroxylation is 1. The van der Waals surface area contributed by atoms with Gasteiger partial charge in [0.25, 0.3) is 5.56 Å². The number of aromatic amines is 1. The van der Waals surface area contributed by atoms with Gasteiger partial charge in [-0.05, 0) is 38.3 Å². The van der Waals surface area contributed by atoms with E-state index in [1.165, 1.54) is 36.7 Å². The molecule has 2 N–H and O–H groups in total. The average molecular weight is 420 g/mol. The number of aromatic nitrogens is 5. The molecule has 0 spiro atoms. The van der Waals surface area contributed by atoms with Gasteiger partial charge in [0.15, 0.2) is 5.13 Å². The molecule has 0 atom stereocenters. The maximum atomic E-state index is 12.3. The van der Waals surface area contributed by atoms with Crippen molar-refractivity contribution in [2.45, 2.75) is 26.2 Å². The lowest BCUT2D eigenvalue weighted by molar-refractivity contribution is 0.568. The number of rotatable bonds is 4. The summed E-state index contributed by atoms with van der Waals surface area (Å²) in [6.07, 6.45) is 5.35. The predicted octanol–water partition coefficient (Wildman–Crippen LogP) is 3.88. The number of piperidine rings is 1. The Balaban J connectivity index is 1.44. The lowest BCUT2D eigenvalue weighted by Crippen LogP contribution is -2.31. The Labute approximate surface area is 177 Å². The molecule has 0 bridgehead atoms. The van der Waals surface area contributed by atoms with Crippen molar-refractivity contribution in [2.75, 3.05) is 23.3 Å². The SMILES string of the molecule is Cc1nc(N2CCCCC2)ncc1-c1cc(=O)[nH]c(Nc2nc3ccccc3s2)n1. The molecular weight excluding hydrogens is 398 g/mol. The Bertz CT molecular complexity index is 1230. The minimum Gasteiger partial charge on any atom is -0.341 e. The summed E-state index contributed by atoms with van der Waals surface area (Å²) < 4.78 is 1.07. The lowest BCUT2D eigenvalue weighted by atomic mass is 10.1. The predicted molar refractivity (Wildman–Crippen MR) is 120 cm³/mol. The van der Waals surface area contributed by atoms with Gasteiger partial charge in [0.05, 0.1) is 21.6 Å². The van der Waals surface area contributed by atoms with E-state index in [-0.39, 0.29) is 5.56 Å². The number of thiazole rings is 1. The molecular formula is C21H21N7OS. The van der Waals surface area contributed by atoms with Crippen LogP contribution < -0.4 is 15.8 Å². The van der Waals surface area contributed by atoms with Gasteiger partial charge in [-0.3, -0.25) is 9.78 Å². The summed E-state index contributed by atoms with van der Waals surface area (Å²) in [5, 5.41) is 3.79. The number of para-hydroxylation sites is 1. The van der Waals surface area contributed by atoms with Crippen molar-refractivity contribution < 1.29 is 0 Å². The third-order valence-electron chi connectivity index (χ3n) is 5.14. The van der Waals surface area contributed by atoms with Crippen LogP contribution in [0.2, 0.25) is 0 Å². The molecule has 5 rings (SSSR count). The zero-order chi connectivity index (χ0) is 20.5. The molecule has 4 aromatic rings. The highest BCUT2D eigenvalue weighted by molar-refractivity contribution is 7.22. The number of anilines is 3. The van der Waals surface area contributed by atoms with E-state index >= 15 is 0 Å². The van der Waals surface area contributed by atoms with Crippen molar-refractivity contribution in [1.82, 2.24) is 24.9 Å². The van der Waals surface area contributed by atoms with E-state index in [4.69, 9.17) is 0 Å². The topological polar surface area (TPSA) is 99.7 Å². The number of nitrogens with zero attached hydrogens (tertiary/aromatic N) is 5. The van der Waals surface area contributed by atoms with Gasteiger partial charge < -0.3 is 10.2 Å². The van der Waals surface area contributed by atoms with Gasteiger partial charge in [0, 0.05) is 30.9 Å². The van der Waals surface area contributed by atoms with Crippen LogP contribution in [-0.2, 0) is 0 Å². The van der Waals surface area contributed by atoms with Gasteiger partial charge in [0.2, 0.25) is 11.9 Å². The molecule has 30 heavy (non-hydrogen) atoms. The lowest BCUT2D eigenvalue weighted by Gasteiger charge is -2.26. The van der Waals surface area contributed by atoms with Crippen LogP contribution >= 0.6 is 11.3 Å². The Morgan fingerprint density at radius 2 is 1.93 bits per heavy atom. The maximum absolute atomic E-state index is 12.3. The summed E-state index contributed by atoms with van der Waals surface area (Å²) in [7, 11) is 0. The summed E-state index contributed by atoms with van der Waals surface area (Å²) in [5.74, 6) is 1.09. The first-order valence-corrected chi connectivity index (χ1v) is 10.8. The molecule has 1 aliphatic heterocycles. The number of fused-ring (bicyclic) bond motifs is 1. The van der Waals surface area contributed by atoms with Gasteiger partial charge in [-0.25, -0.2) is 19.9 Å². The number of hydrogen-bond acceptors (Lipinski definition) is 8. The Morgan fingerprint density at radius 1 is 1.10 bits per heavy atom. The summed E-state index contributed by atoms with van der Waals surface area (Å²) in [6, 6.07) is 9.35. The van der Waals surface area contributed by atoms with E-state index in [0.717, 1.165) is 40.5 Å². The van der Waals surface area contributed by atoms with Crippen LogP contribution in [0.3, 0.4) is 0 Å². The molecule has 3 aromatic heterocycles. The van der Waals surface area contributed by atoms with Crippen LogP contribution in [0.5, 0.6) is 0 Å². The first-order valence-electron chi connectivity index (χ1n) is 9.99. The standard InChI is InChI=1S/C21H21N7OS/c1-13-14(12-22-20(23-13)28-9-5-2-6-10-28)16-11-18(29)26-19(24-16)27-21-25-15-7-3-4-8-17(15)30-21/h3-4,7-8,11-12H,2,5-6,9-10H2,1H3,(H2,24,25,26,27,29). The van der Waals surface area contributed by atoms with E-state index < -0.39 is 0 Å². The van der Waals surface area contributed by atoms with Crippen molar-refractivity contribution in [2.24, 2.45) is 0 Å². The molecule has 1 aromatic carbocycles. The van der Waals surface area contributed by atoms with Crippen LogP contribution in [0.25, 0.3) is 21.5 Å². The zero-order valence-corrected chi connectivity index (χ0v) is 17.4. The quantitative estimate of drug-likeness (QED) is 0.518. The first-order chi connectivity index (χ1) is 14.7. The number of nitrogens with one attached hydrogen (secondary N) is 2. The van der Waals surface area contributed by atoms with Crippen molar-refractivity contribution in [1.29, 1.82) is 0 Å². The van der Waals surface area contributed by atoms with Gasteiger partial charge in [-0.1, -0.05) is 23.5 Å². The largest absolute Gasteiger partial charge is 0.341 e. The smallest absolute Gasteiger partial charge is 0.252 e. The van der Waals surface area contributed by atoms with E-state index in [9.17, 15) is 4.79 Å². The third-order valence-corrected chi connectivity index (χ3v) is 6.09. The van der Waals surface area contributed by atoms with Crippen molar-refractivity contribution in [3.63, 3.8) is 0 Å². The molecule has 0 saturated carbocycles. The highest BCUT2D eigenvalue weighted by Gasteiger charge is 2.16. The Kier molecular flexibility index (Phi) is 4.88. The van der Waals surface area contributed by atoms with Gasteiger partial charge in [-0.15, -0.1) is 0 Å². The molecule has 1 saturated heterocycles. The number of benzene rings is 1. The normalized spacial score (nSPS) is 14.2. The zero-order valence-electron chi connectivity index (χ0n) is 16.6. The number of hydrogen-bond donors (Lipinski definition) is 2. The van der Waals surface area contributed by atoms with Crippen LogP contribution in [0.1, 0.15) is 25.0 Å². The molecule has 1 fully saturated rings. The van der Waals surface area contributed by atoms with Crippen molar-refractivity contribution in [3.8, 4) is 11.3 Å². The molecule has 9 heteroatoms. The summed E-state index contributed by atoms with van der Waals surface area (Å²) in [6.45, 7) is 3.89. The molecule has 1 aliphatic rings. The summed E-state index contributed by atoms with van der Waals surface area (Å²) >= 11 is 1.51. The summed E-state index contributed by atoms with van der Waals surface area (Å²) in [4.78, 5) is 35.6. The average Bonchev–Trinajstić information content (AvgIpc) is 3.16. The van der Waals surface area contributed by atoms with Crippen molar-refractivity contribution in [3.05, 3.63) is 52.6 Å². The molecule has 0 aliphatic carbocycles. The molecule has 152 valence electrons. The minimum atomic E-state index is -0.247. The van der Waals surface area contributed by atoms with Gasteiger partial charge >= 0.3 is 0 Å². The number of H-pyrrole nitrogens is 1. The molecule has 0 radical (unpaired) electrons. The van der Waals surface area contributed by atoms with Crippen LogP contribution in [0, 0.1) is 6.92 Å². The third kappa shape index (κ3) is 3.76.